The molecule has 0 amide bonds. The van der Waals surface area contributed by atoms with Gasteiger partial charge in [0, 0.05) is 10.8 Å². The highest BCUT2D eigenvalue weighted by Crippen LogP contribution is 2.66. The second-order valence-corrected chi connectivity index (χ2v) is 14.7. The van der Waals surface area contributed by atoms with Crippen LogP contribution in [-0.2, 0) is 9.53 Å². The van der Waals surface area contributed by atoms with Gasteiger partial charge in [-0.2, -0.15) is 0 Å². The Bertz CT molecular complexity index is 1280. The number of epoxide rings is 1. The van der Waals surface area contributed by atoms with E-state index in [1.807, 2.05) is 19.1 Å². The summed E-state index contributed by atoms with van der Waals surface area (Å²) in [5.74, 6) is 0.253. The third-order valence-corrected chi connectivity index (χ3v) is 10.5. The fourth-order valence-corrected chi connectivity index (χ4v) is 6.84. The van der Waals surface area contributed by atoms with Crippen molar-refractivity contribution in [3.05, 3.63) is 107 Å². The maximum Gasteiger partial charge on any atom is 0.162 e. The number of hydrogen-bond acceptors (Lipinski definition) is 2. The summed E-state index contributed by atoms with van der Waals surface area (Å²) in [6.07, 6.45) is 36.1. The van der Waals surface area contributed by atoms with Crippen molar-refractivity contribution >= 4 is 5.78 Å². The molecule has 3 aliphatic rings. The third-order valence-electron chi connectivity index (χ3n) is 10.5. The Balaban J connectivity index is 1.47. The van der Waals surface area contributed by atoms with Gasteiger partial charge in [-0.1, -0.05) is 136 Å². The predicted octanol–water partition coefficient (Wildman–Crippen LogP) is 11.1. The molecule has 1 aliphatic heterocycles. The first kappa shape index (κ1) is 33.8. The second-order valence-electron chi connectivity index (χ2n) is 14.7. The standard InChI is InChI=1S/C40H56O2/c1-31(19-13-21-33(3)23-24-35(41)38(9)28-15-26-36(38,5)6)17-11-12-18-32(2)20-14-22-34(4)25-30-40-37(7,8)27-16-29-39(40,10)42-40/h11-14,17-25,30H,15-16,26-29H2,1-10H3/b12-11+,19-13+,20-14+,24-23+,30-25+,31-17+,32-18+,33-21+,34-22+/t38-,39+,40-/m0/s1. The first-order valence-corrected chi connectivity index (χ1v) is 15.9. The monoisotopic (exact) mass is 568 g/mol. The van der Waals surface area contributed by atoms with Crippen LogP contribution in [0.1, 0.15) is 108 Å². The molecule has 3 fully saturated rings. The van der Waals surface area contributed by atoms with Gasteiger partial charge >= 0.3 is 0 Å². The van der Waals surface area contributed by atoms with Crippen molar-refractivity contribution in [2.75, 3.05) is 0 Å². The lowest BCUT2D eigenvalue weighted by Gasteiger charge is -2.36. The number of ether oxygens (including phenoxy) is 1. The topological polar surface area (TPSA) is 29.6 Å². The first-order chi connectivity index (χ1) is 19.6. The molecule has 1 heterocycles. The summed E-state index contributed by atoms with van der Waals surface area (Å²) < 4.78 is 6.33. The normalized spacial score (nSPS) is 32.2. The van der Waals surface area contributed by atoms with E-state index in [0.29, 0.717) is 0 Å². The van der Waals surface area contributed by atoms with Crippen molar-refractivity contribution < 1.29 is 9.53 Å². The quantitative estimate of drug-likeness (QED) is 0.141. The van der Waals surface area contributed by atoms with E-state index in [9.17, 15) is 4.79 Å². The predicted molar refractivity (Wildman–Crippen MR) is 181 cm³/mol. The lowest BCUT2D eigenvalue weighted by Crippen LogP contribution is -2.41. The van der Waals surface area contributed by atoms with Crippen molar-refractivity contribution in [1.29, 1.82) is 0 Å². The van der Waals surface area contributed by atoms with Gasteiger partial charge in [-0.3, -0.25) is 4.79 Å². The van der Waals surface area contributed by atoms with Crippen LogP contribution in [0.3, 0.4) is 0 Å². The molecular formula is C40H56O2. The third kappa shape index (κ3) is 7.62. The number of rotatable bonds is 11. The summed E-state index contributed by atoms with van der Waals surface area (Å²) in [5.41, 5.74) is 4.56. The fourth-order valence-electron chi connectivity index (χ4n) is 6.84. The van der Waals surface area contributed by atoms with Crippen LogP contribution >= 0.6 is 0 Å². The average Bonchev–Trinajstić information content (AvgIpc) is 3.45. The highest BCUT2D eigenvalue weighted by Gasteiger charge is 2.73. The number of ketones is 1. The number of carbonyl (C=O) groups is 1. The van der Waals surface area contributed by atoms with E-state index in [1.54, 1.807) is 6.08 Å². The Kier molecular flexibility index (Phi) is 10.7. The van der Waals surface area contributed by atoms with Crippen LogP contribution in [0.2, 0.25) is 0 Å². The summed E-state index contributed by atoms with van der Waals surface area (Å²) in [7, 11) is 0. The van der Waals surface area contributed by atoms with Crippen molar-refractivity contribution in [3.8, 4) is 0 Å². The zero-order valence-corrected chi connectivity index (χ0v) is 28.1. The lowest BCUT2D eigenvalue weighted by atomic mass is 9.64. The first-order valence-electron chi connectivity index (χ1n) is 15.9. The minimum atomic E-state index is -0.249. The van der Waals surface area contributed by atoms with Crippen LogP contribution in [0, 0.1) is 16.2 Å². The van der Waals surface area contributed by atoms with Crippen molar-refractivity contribution in [1.82, 2.24) is 0 Å². The molecule has 2 aliphatic carbocycles. The van der Waals surface area contributed by atoms with Crippen molar-refractivity contribution in [3.63, 3.8) is 0 Å². The van der Waals surface area contributed by atoms with Gasteiger partial charge in [-0.25, -0.2) is 0 Å². The van der Waals surface area contributed by atoms with Crippen LogP contribution in [0.15, 0.2) is 107 Å². The maximum atomic E-state index is 12.9. The molecule has 3 atom stereocenters. The van der Waals surface area contributed by atoms with Gasteiger partial charge in [0.2, 0.25) is 0 Å². The largest absolute Gasteiger partial charge is 0.358 e. The summed E-state index contributed by atoms with van der Waals surface area (Å²) in [5, 5.41) is 0. The van der Waals surface area contributed by atoms with Crippen LogP contribution in [-0.4, -0.2) is 17.0 Å². The molecule has 42 heavy (non-hydrogen) atoms. The SMILES string of the molecule is CC(/C=C/C=C(C)/C=C/C(=O)[C@]1(C)CCCC1(C)C)=C\C=C\C=C(C)\C=C\C=C(C)\C=C\[C@@]12O[C@]1(C)CCCC2(C)C. The van der Waals surface area contributed by atoms with E-state index in [1.165, 1.54) is 29.6 Å². The van der Waals surface area contributed by atoms with Gasteiger partial charge < -0.3 is 4.74 Å². The molecule has 228 valence electrons. The molecule has 0 radical (unpaired) electrons. The van der Waals surface area contributed by atoms with Gasteiger partial charge in [0.05, 0.1) is 5.60 Å². The zero-order chi connectivity index (χ0) is 31.2. The Morgan fingerprint density at radius 3 is 1.55 bits per heavy atom. The number of hydrogen-bond donors (Lipinski definition) is 0. The van der Waals surface area contributed by atoms with Crippen LogP contribution < -0.4 is 0 Å². The summed E-state index contributed by atoms with van der Waals surface area (Å²) >= 11 is 0. The molecule has 0 spiro atoms. The smallest absolute Gasteiger partial charge is 0.162 e. The lowest BCUT2D eigenvalue weighted by molar-refractivity contribution is -0.127. The van der Waals surface area contributed by atoms with Crippen molar-refractivity contribution in [2.45, 2.75) is 119 Å². The number of carbonyl (C=O) groups excluding carboxylic acids is 1. The Hall–Kier alpha value is -2.71. The Morgan fingerprint density at radius 1 is 0.548 bits per heavy atom. The van der Waals surface area contributed by atoms with E-state index in [2.05, 4.69) is 129 Å². The molecule has 0 N–H and O–H groups in total. The van der Waals surface area contributed by atoms with Crippen LogP contribution in [0.25, 0.3) is 0 Å². The molecule has 1 saturated heterocycles. The van der Waals surface area contributed by atoms with E-state index < -0.39 is 0 Å². The molecule has 0 aromatic heterocycles. The van der Waals surface area contributed by atoms with Gasteiger partial charge in [0.25, 0.3) is 0 Å². The van der Waals surface area contributed by atoms with E-state index >= 15 is 0 Å². The van der Waals surface area contributed by atoms with Gasteiger partial charge in [-0.05, 0) is 84.3 Å². The van der Waals surface area contributed by atoms with Gasteiger partial charge in [0.15, 0.2) is 5.78 Å². The summed E-state index contributed by atoms with van der Waals surface area (Å²) in [4.78, 5) is 12.9. The van der Waals surface area contributed by atoms with Crippen LogP contribution in [0.4, 0.5) is 0 Å². The molecule has 2 saturated carbocycles. The highest BCUT2D eigenvalue weighted by atomic mass is 16.6. The second kappa shape index (κ2) is 13.3. The van der Waals surface area contributed by atoms with Crippen molar-refractivity contribution in [2.24, 2.45) is 16.2 Å². The average molecular weight is 569 g/mol. The summed E-state index contributed by atoms with van der Waals surface area (Å²) in [6, 6.07) is 0. The zero-order valence-electron chi connectivity index (χ0n) is 28.1. The minimum absolute atomic E-state index is 0.00897. The number of allylic oxidation sites excluding steroid dienone is 17. The highest BCUT2D eigenvalue weighted by molar-refractivity contribution is 5.95. The molecular weight excluding hydrogens is 512 g/mol. The summed E-state index contributed by atoms with van der Waals surface area (Å²) in [6.45, 7) is 21.9. The molecule has 0 aromatic rings. The molecule has 0 aromatic carbocycles. The maximum absolute atomic E-state index is 12.9. The van der Waals surface area contributed by atoms with E-state index in [4.69, 9.17) is 4.74 Å². The molecule has 3 rings (SSSR count). The van der Waals surface area contributed by atoms with E-state index in [0.717, 1.165) is 31.3 Å². The van der Waals surface area contributed by atoms with Gasteiger partial charge in [-0.15, -0.1) is 0 Å². The Morgan fingerprint density at radius 2 is 1.02 bits per heavy atom. The molecule has 2 nitrogen and oxygen atoms in total. The van der Waals surface area contributed by atoms with Crippen LogP contribution in [0.5, 0.6) is 0 Å². The fraction of sp³-hybridized carbons (Fsp3) is 0.525. The minimum Gasteiger partial charge on any atom is -0.358 e. The number of fused-ring (bicyclic) bond motifs is 1. The Labute approximate surface area is 257 Å². The molecule has 0 unspecified atom stereocenters. The van der Waals surface area contributed by atoms with E-state index in [-0.39, 0.29) is 33.2 Å². The molecule has 2 heteroatoms. The van der Waals surface area contributed by atoms with Gasteiger partial charge in [0.1, 0.15) is 5.60 Å². The molecule has 0 bridgehead atoms.